The van der Waals surface area contributed by atoms with Gasteiger partial charge in [-0.05, 0) is 36.2 Å². The van der Waals surface area contributed by atoms with Crippen LogP contribution in [0, 0.1) is 5.92 Å². The molecule has 2 aromatic rings. The molecular weight excluding hydrogens is 318 g/mol. The van der Waals surface area contributed by atoms with Crippen molar-refractivity contribution in [3.8, 4) is 0 Å². The first kappa shape index (κ1) is 15.4. The average molecular weight is 339 g/mol. The van der Waals surface area contributed by atoms with Crippen LogP contribution in [-0.4, -0.2) is 27.7 Å². The fourth-order valence-electron chi connectivity index (χ4n) is 3.95. The maximum Gasteiger partial charge on any atom is 0.250 e. The van der Waals surface area contributed by atoms with Crippen molar-refractivity contribution >= 4 is 17.3 Å². The third-order valence-corrected chi connectivity index (χ3v) is 5.46. The first-order valence-electron chi connectivity index (χ1n) is 8.47. The highest BCUT2D eigenvalue weighted by Gasteiger charge is 2.35. The molecule has 1 aromatic heterocycles. The fraction of sp³-hybridized carbons (Fsp3) is 0.368. The van der Waals surface area contributed by atoms with Gasteiger partial charge in [0.05, 0.1) is 0 Å². The van der Waals surface area contributed by atoms with Crippen molar-refractivity contribution in [2.45, 2.75) is 25.4 Å². The Hall–Kier alpha value is -2.14. The second kappa shape index (κ2) is 6.40. The third kappa shape index (κ3) is 2.96. The molecule has 0 aliphatic carbocycles. The van der Waals surface area contributed by atoms with Gasteiger partial charge in [-0.2, -0.15) is 0 Å². The Kier molecular flexibility index (Phi) is 4.10. The number of aromatic nitrogens is 1. The summed E-state index contributed by atoms with van der Waals surface area (Å²) in [5, 5.41) is 4.20. The molecule has 2 bridgehead atoms. The van der Waals surface area contributed by atoms with Crippen LogP contribution in [0.4, 0.5) is 0 Å². The van der Waals surface area contributed by atoms with E-state index in [4.69, 9.17) is 12.2 Å². The molecule has 4 rings (SSSR count). The second-order valence-corrected chi connectivity index (χ2v) is 7.13. The molecule has 2 atom stereocenters. The lowest BCUT2D eigenvalue weighted by Gasteiger charge is -2.43. The van der Waals surface area contributed by atoms with E-state index in [-0.39, 0.29) is 5.56 Å². The monoisotopic (exact) mass is 339 g/mol. The summed E-state index contributed by atoms with van der Waals surface area (Å²) in [6, 6.07) is 15.9. The highest BCUT2D eigenvalue weighted by atomic mass is 32.1. The average Bonchev–Trinajstić information content (AvgIpc) is 2.61. The molecule has 0 spiro atoms. The van der Waals surface area contributed by atoms with E-state index in [1.165, 1.54) is 5.56 Å². The van der Waals surface area contributed by atoms with Crippen LogP contribution in [0.25, 0.3) is 0 Å². The Morgan fingerprint density at radius 3 is 2.75 bits per heavy atom. The number of hydrogen-bond donors (Lipinski definition) is 1. The number of nitrogens with zero attached hydrogens (tertiary/aromatic N) is 2. The van der Waals surface area contributed by atoms with E-state index in [1.54, 1.807) is 6.07 Å². The summed E-state index contributed by atoms with van der Waals surface area (Å²) in [5.74, 6) is 0.885. The zero-order valence-electron chi connectivity index (χ0n) is 13.5. The molecule has 0 unspecified atom stereocenters. The lowest BCUT2D eigenvalue weighted by molar-refractivity contribution is 0.177. The highest BCUT2D eigenvalue weighted by molar-refractivity contribution is 7.80. The fourth-order valence-corrected chi connectivity index (χ4v) is 4.17. The van der Waals surface area contributed by atoms with Crippen molar-refractivity contribution in [2.75, 3.05) is 13.1 Å². The normalized spacial score (nSPS) is 21.9. The number of likely N-dealkylation sites (tertiary alicyclic amines) is 1. The summed E-state index contributed by atoms with van der Waals surface area (Å²) < 4.78 is 1.95. The van der Waals surface area contributed by atoms with Gasteiger partial charge in [0.2, 0.25) is 0 Å². The molecule has 2 aliphatic heterocycles. The van der Waals surface area contributed by atoms with Crippen molar-refractivity contribution in [3.63, 3.8) is 0 Å². The number of thiocarbonyl (C=S) groups is 1. The van der Waals surface area contributed by atoms with Crippen LogP contribution in [0.5, 0.6) is 0 Å². The Morgan fingerprint density at radius 1 is 1.08 bits per heavy atom. The molecule has 1 saturated heterocycles. The van der Waals surface area contributed by atoms with Crippen molar-refractivity contribution in [3.05, 3.63) is 70.1 Å². The summed E-state index contributed by atoms with van der Waals surface area (Å²) in [7, 11) is 0. The second-order valence-electron chi connectivity index (χ2n) is 6.75. The van der Waals surface area contributed by atoms with E-state index in [9.17, 15) is 4.79 Å². The first-order valence-corrected chi connectivity index (χ1v) is 8.88. The smallest absolute Gasteiger partial charge is 0.250 e. The van der Waals surface area contributed by atoms with Crippen LogP contribution in [-0.2, 0) is 13.1 Å². The van der Waals surface area contributed by atoms with Gasteiger partial charge >= 0.3 is 0 Å². The van der Waals surface area contributed by atoms with E-state index in [2.05, 4.69) is 28.4 Å². The molecule has 0 amide bonds. The molecule has 0 saturated carbocycles. The summed E-state index contributed by atoms with van der Waals surface area (Å²) in [6.45, 7) is 3.38. The number of nitrogens with one attached hydrogen (secondary N) is 1. The maximum atomic E-state index is 12.1. The van der Waals surface area contributed by atoms with Crippen LogP contribution >= 0.6 is 12.2 Å². The number of fused-ring (bicyclic) bond motifs is 4. The number of pyridine rings is 1. The first-order chi connectivity index (χ1) is 11.7. The standard InChI is InChI=1S/C19H21N3OS/c23-18-8-4-7-17-16-9-15(12-22(17)18)11-21(13-16)19(24)20-10-14-5-2-1-3-6-14/h1-8,15-16H,9-13H2,(H,20,24)/t15-,16-/m1/s1. The lowest BCUT2D eigenvalue weighted by Crippen LogP contribution is -2.51. The van der Waals surface area contributed by atoms with Gasteiger partial charge in [-0.3, -0.25) is 4.79 Å². The number of piperidine rings is 1. The SMILES string of the molecule is O=c1cccc2n1C[C@@H]1C[C@@H]2CN(C(=S)NCc2ccccc2)C1. The van der Waals surface area contributed by atoms with Gasteiger partial charge in [-0.15, -0.1) is 0 Å². The molecule has 3 heterocycles. The van der Waals surface area contributed by atoms with Crippen LogP contribution in [0.2, 0.25) is 0 Å². The van der Waals surface area contributed by atoms with E-state index >= 15 is 0 Å². The van der Waals surface area contributed by atoms with Gasteiger partial charge in [0.1, 0.15) is 0 Å². The van der Waals surface area contributed by atoms with Crippen molar-refractivity contribution in [2.24, 2.45) is 5.92 Å². The summed E-state index contributed by atoms with van der Waals surface area (Å²) in [6.07, 6.45) is 1.15. The minimum Gasteiger partial charge on any atom is -0.358 e. The van der Waals surface area contributed by atoms with Crippen LogP contribution in [0.3, 0.4) is 0 Å². The van der Waals surface area contributed by atoms with E-state index in [0.717, 1.165) is 43.4 Å². The third-order valence-electron chi connectivity index (χ3n) is 5.05. The molecule has 1 N–H and O–H groups in total. The topological polar surface area (TPSA) is 37.3 Å². The summed E-state index contributed by atoms with van der Waals surface area (Å²) in [5.41, 5.74) is 2.52. The van der Waals surface area contributed by atoms with Gasteiger partial charge < -0.3 is 14.8 Å². The van der Waals surface area contributed by atoms with Gasteiger partial charge in [0.25, 0.3) is 5.56 Å². The Balaban J connectivity index is 1.46. The number of rotatable bonds is 2. The van der Waals surface area contributed by atoms with Crippen molar-refractivity contribution < 1.29 is 0 Å². The summed E-state index contributed by atoms with van der Waals surface area (Å²) >= 11 is 5.62. The predicted molar refractivity (Wildman–Crippen MR) is 99.0 cm³/mol. The van der Waals surface area contributed by atoms with E-state index in [1.807, 2.05) is 28.8 Å². The molecule has 124 valence electrons. The van der Waals surface area contributed by atoms with Crippen molar-refractivity contribution in [1.82, 2.24) is 14.8 Å². The maximum absolute atomic E-state index is 12.1. The number of hydrogen-bond acceptors (Lipinski definition) is 2. The largest absolute Gasteiger partial charge is 0.358 e. The molecular formula is C19H21N3OS. The van der Waals surface area contributed by atoms with Gasteiger partial charge in [0.15, 0.2) is 5.11 Å². The molecule has 1 fully saturated rings. The van der Waals surface area contributed by atoms with Crippen LogP contribution in [0.1, 0.15) is 23.6 Å². The van der Waals surface area contributed by atoms with Crippen LogP contribution in [0.15, 0.2) is 53.3 Å². The Labute approximate surface area is 147 Å². The minimum atomic E-state index is 0.125. The molecule has 2 aliphatic rings. The quantitative estimate of drug-likeness (QED) is 0.852. The minimum absolute atomic E-state index is 0.125. The zero-order valence-corrected chi connectivity index (χ0v) is 14.3. The Morgan fingerprint density at radius 2 is 1.92 bits per heavy atom. The van der Waals surface area contributed by atoms with E-state index in [0.29, 0.717) is 11.8 Å². The summed E-state index contributed by atoms with van der Waals surface area (Å²) in [4.78, 5) is 14.4. The van der Waals surface area contributed by atoms with E-state index < -0.39 is 0 Å². The van der Waals surface area contributed by atoms with Crippen molar-refractivity contribution in [1.29, 1.82) is 0 Å². The zero-order chi connectivity index (χ0) is 16.5. The molecule has 5 heteroatoms. The lowest BCUT2D eigenvalue weighted by atomic mass is 9.83. The highest BCUT2D eigenvalue weighted by Crippen LogP contribution is 2.34. The molecule has 24 heavy (non-hydrogen) atoms. The van der Waals surface area contributed by atoms with Gasteiger partial charge in [0, 0.05) is 43.9 Å². The number of benzene rings is 1. The van der Waals surface area contributed by atoms with Gasteiger partial charge in [-0.25, -0.2) is 0 Å². The predicted octanol–water partition coefficient (Wildman–Crippen LogP) is 2.34. The molecule has 4 nitrogen and oxygen atoms in total. The Bertz CT molecular complexity index is 802. The molecule has 1 aromatic carbocycles. The van der Waals surface area contributed by atoms with Gasteiger partial charge in [-0.1, -0.05) is 36.4 Å². The van der Waals surface area contributed by atoms with Crippen LogP contribution < -0.4 is 10.9 Å². The molecule has 0 radical (unpaired) electrons.